The highest BCUT2D eigenvalue weighted by molar-refractivity contribution is 5.84. The first-order valence-electron chi connectivity index (χ1n) is 9.57. The molecule has 3 aromatic rings. The van der Waals surface area contributed by atoms with Crippen LogP contribution in [0.4, 0.5) is 0 Å². The van der Waals surface area contributed by atoms with E-state index in [4.69, 9.17) is 0 Å². The molecule has 6 heteroatoms. The minimum absolute atomic E-state index is 0.0997. The van der Waals surface area contributed by atoms with E-state index in [1.807, 2.05) is 55.0 Å². The molecule has 144 valence electrons. The number of nitrogens with zero attached hydrogens (tertiary/aromatic N) is 2. The summed E-state index contributed by atoms with van der Waals surface area (Å²) in [7, 11) is 0. The number of nitrogens with one attached hydrogen (secondary N) is 1. The third-order valence-electron chi connectivity index (χ3n) is 5.44. The van der Waals surface area contributed by atoms with Crippen molar-refractivity contribution in [3.63, 3.8) is 0 Å². The van der Waals surface area contributed by atoms with Gasteiger partial charge >= 0.3 is 5.97 Å². The van der Waals surface area contributed by atoms with Gasteiger partial charge in [0, 0.05) is 24.9 Å². The maximum absolute atomic E-state index is 12.7. The molecule has 0 fully saturated rings. The number of aliphatic carboxylic acids is 1. The Labute approximate surface area is 163 Å². The quantitative estimate of drug-likeness (QED) is 0.690. The molecule has 1 aliphatic rings. The smallest absolute Gasteiger partial charge is 0.305 e. The number of aromatic nitrogens is 2. The fourth-order valence-electron chi connectivity index (χ4n) is 3.98. The van der Waals surface area contributed by atoms with Gasteiger partial charge < -0.3 is 15.0 Å². The molecule has 1 amide bonds. The number of amides is 1. The number of carbonyl (C=O) groups excluding carboxylic acids is 1. The first-order valence-corrected chi connectivity index (χ1v) is 9.57. The molecule has 0 radical (unpaired) electrons. The van der Waals surface area contributed by atoms with Crippen LogP contribution in [0, 0.1) is 5.92 Å². The summed E-state index contributed by atoms with van der Waals surface area (Å²) in [6, 6.07) is 13.2. The fraction of sp³-hybridized carbons (Fsp3) is 0.318. The van der Waals surface area contributed by atoms with Gasteiger partial charge in [0.2, 0.25) is 5.91 Å². The van der Waals surface area contributed by atoms with E-state index < -0.39 is 12.0 Å². The van der Waals surface area contributed by atoms with Crippen LogP contribution in [0.25, 0.3) is 10.8 Å². The zero-order valence-electron chi connectivity index (χ0n) is 15.5. The van der Waals surface area contributed by atoms with Crippen molar-refractivity contribution >= 4 is 22.6 Å². The predicted octanol–water partition coefficient (Wildman–Crippen LogP) is 3.32. The second-order valence-electron chi connectivity index (χ2n) is 7.47. The molecular formula is C22H23N3O3. The summed E-state index contributed by atoms with van der Waals surface area (Å²) in [4.78, 5) is 28.2. The molecule has 1 aromatic heterocycles. The Morgan fingerprint density at radius 3 is 2.86 bits per heavy atom. The number of carboxylic acid groups (broad SMARTS) is 1. The predicted molar refractivity (Wildman–Crippen MR) is 106 cm³/mol. The monoisotopic (exact) mass is 377 g/mol. The Balaban J connectivity index is 1.46. The number of carbonyl (C=O) groups is 2. The molecule has 6 nitrogen and oxygen atoms in total. The van der Waals surface area contributed by atoms with Crippen LogP contribution in [0.1, 0.15) is 36.6 Å². The first-order chi connectivity index (χ1) is 13.6. The highest BCUT2D eigenvalue weighted by Crippen LogP contribution is 2.25. The van der Waals surface area contributed by atoms with Crippen LogP contribution in [-0.2, 0) is 22.6 Å². The normalized spacial score (nSPS) is 17.1. The summed E-state index contributed by atoms with van der Waals surface area (Å²) in [5, 5.41) is 14.4. The molecule has 2 aromatic carbocycles. The van der Waals surface area contributed by atoms with Gasteiger partial charge in [0.05, 0.1) is 18.8 Å². The average molecular weight is 377 g/mol. The zero-order chi connectivity index (χ0) is 19.5. The molecule has 0 spiro atoms. The molecule has 2 N–H and O–H groups in total. The van der Waals surface area contributed by atoms with E-state index in [1.165, 1.54) is 0 Å². The molecule has 28 heavy (non-hydrogen) atoms. The van der Waals surface area contributed by atoms with E-state index in [0.717, 1.165) is 41.4 Å². The van der Waals surface area contributed by atoms with Gasteiger partial charge in [-0.2, -0.15) is 0 Å². The highest BCUT2D eigenvalue weighted by atomic mass is 16.4. The molecule has 0 bridgehead atoms. The average Bonchev–Trinajstić information content (AvgIpc) is 3.14. The van der Waals surface area contributed by atoms with Gasteiger partial charge in [-0.3, -0.25) is 9.59 Å². The van der Waals surface area contributed by atoms with Gasteiger partial charge in [-0.15, -0.1) is 0 Å². The van der Waals surface area contributed by atoms with E-state index in [-0.39, 0.29) is 18.2 Å². The van der Waals surface area contributed by atoms with Crippen LogP contribution in [0.5, 0.6) is 0 Å². The van der Waals surface area contributed by atoms with E-state index >= 15 is 0 Å². The van der Waals surface area contributed by atoms with Gasteiger partial charge in [-0.25, -0.2) is 4.98 Å². The zero-order valence-corrected chi connectivity index (χ0v) is 15.5. The Morgan fingerprint density at radius 2 is 2.04 bits per heavy atom. The van der Waals surface area contributed by atoms with Crippen LogP contribution in [0.15, 0.2) is 55.0 Å². The van der Waals surface area contributed by atoms with Crippen molar-refractivity contribution in [3.05, 3.63) is 66.2 Å². The molecule has 0 saturated carbocycles. The largest absolute Gasteiger partial charge is 0.481 e. The van der Waals surface area contributed by atoms with Crippen molar-refractivity contribution < 1.29 is 14.7 Å². The number of rotatable bonds is 6. The van der Waals surface area contributed by atoms with Crippen molar-refractivity contribution in [1.29, 1.82) is 0 Å². The second kappa shape index (κ2) is 7.84. The summed E-state index contributed by atoms with van der Waals surface area (Å²) < 4.78 is 2.12. The summed E-state index contributed by atoms with van der Waals surface area (Å²) in [5.74, 6) is -0.774. The molecular weight excluding hydrogens is 354 g/mol. The standard InChI is InChI=1S/C22H23N3O3/c26-21(10-15-7-8-25-14-23-13-19(25)9-15)24-20(12-22(27)28)18-6-5-16-3-1-2-4-17(16)11-18/h1-6,11,13-15,20H,7-10,12H2,(H,24,26)(H,27,28). The topological polar surface area (TPSA) is 84.2 Å². The molecule has 0 aliphatic carbocycles. The lowest BCUT2D eigenvalue weighted by molar-refractivity contribution is -0.137. The van der Waals surface area contributed by atoms with Crippen molar-refractivity contribution in [2.45, 2.75) is 38.3 Å². The van der Waals surface area contributed by atoms with Crippen LogP contribution in [-0.4, -0.2) is 26.5 Å². The molecule has 2 heterocycles. The lowest BCUT2D eigenvalue weighted by Gasteiger charge is -2.24. The fourth-order valence-corrected chi connectivity index (χ4v) is 3.98. The van der Waals surface area contributed by atoms with Gasteiger partial charge in [0.1, 0.15) is 0 Å². The molecule has 2 atom stereocenters. The van der Waals surface area contributed by atoms with Crippen molar-refractivity contribution in [2.75, 3.05) is 0 Å². The SMILES string of the molecule is O=C(O)CC(NC(=O)CC1CCn2cncc2C1)c1ccc2ccccc2c1. The molecule has 1 aliphatic heterocycles. The Kier molecular flexibility index (Phi) is 5.10. The van der Waals surface area contributed by atoms with Crippen LogP contribution in [0.2, 0.25) is 0 Å². The maximum Gasteiger partial charge on any atom is 0.305 e. The van der Waals surface area contributed by atoms with Crippen molar-refractivity contribution in [3.8, 4) is 0 Å². The number of benzene rings is 2. The minimum atomic E-state index is -0.931. The Morgan fingerprint density at radius 1 is 1.21 bits per heavy atom. The van der Waals surface area contributed by atoms with Crippen LogP contribution >= 0.6 is 0 Å². The van der Waals surface area contributed by atoms with Crippen molar-refractivity contribution in [1.82, 2.24) is 14.9 Å². The maximum atomic E-state index is 12.7. The number of hydrogen-bond acceptors (Lipinski definition) is 3. The summed E-state index contributed by atoms with van der Waals surface area (Å²) in [6.07, 6.45) is 5.69. The van der Waals surface area contributed by atoms with Gasteiger partial charge in [-0.05, 0) is 41.2 Å². The molecule has 2 unspecified atom stereocenters. The summed E-state index contributed by atoms with van der Waals surface area (Å²) in [5.41, 5.74) is 1.97. The minimum Gasteiger partial charge on any atom is -0.481 e. The van der Waals surface area contributed by atoms with E-state index in [9.17, 15) is 14.7 Å². The van der Waals surface area contributed by atoms with E-state index in [0.29, 0.717) is 6.42 Å². The highest BCUT2D eigenvalue weighted by Gasteiger charge is 2.24. The Bertz CT molecular complexity index is 1010. The third kappa shape index (κ3) is 4.06. The second-order valence-corrected chi connectivity index (χ2v) is 7.47. The lowest BCUT2D eigenvalue weighted by Crippen LogP contribution is -2.33. The number of imidazole rings is 1. The van der Waals surface area contributed by atoms with Gasteiger partial charge in [-0.1, -0.05) is 36.4 Å². The molecule has 0 saturated heterocycles. The summed E-state index contributed by atoms with van der Waals surface area (Å²) in [6.45, 7) is 0.872. The Hall–Kier alpha value is -3.15. The summed E-state index contributed by atoms with van der Waals surface area (Å²) >= 11 is 0. The molecule has 4 rings (SSSR count). The number of hydrogen-bond donors (Lipinski definition) is 2. The van der Waals surface area contributed by atoms with Crippen LogP contribution < -0.4 is 5.32 Å². The lowest BCUT2D eigenvalue weighted by atomic mass is 9.92. The van der Waals surface area contributed by atoms with E-state index in [2.05, 4.69) is 14.9 Å². The number of fused-ring (bicyclic) bond motifs is 2. The van der Waals surface area contributed by atoms with Gasteiger partial charge in [0.25, 0.3) is 0 Å². The third-order valence-corrected chi connectivity index (χ3v) is 5.44. The van der Waals surface area contributed by atoms with Crippen LogP contribution in [0.3, 0.4) is 0 Å². The number of carboxylic acids is 1. The first kappa shape index (κ1) is 18.2. The number of aryl methyl sites for hydroxylation is 1. The van der Waals surface area contributed by atoms with E-state index in [1.54, 1.807) is 0 Å². The van der Waals surface area contributed by atoms with Crippen molar-refractivity contribution in [2.24, 2.45) is 5.92 Å². The van der Waals surface area contributed by atoms with Gasteiger partial charge in [0.15, 0.2) is 0 Å².